The van der Waals surface area contributed by atoms with Crippen LogP contribution in [0, 0.1) is 0 Å². The summed E-state index contributed by atoms with van der Waals surface area (Å²) in [6.07, 6.45) is 3.06. The number of rotatable bonds is 6. The molecular formula is C21H19ClN2O5S. The second kappa shape index (κ2) is 8.59. The molecule has 0 amide bonds. The van der Waals surface area contributed by atoms with Gasteiger partial charge >= 0.3 is 5.97 Å². The van der Waals surface area contributed by atoms with Crippen molar-refractivity contribution in [2.75, 3.05) is 13.1 Å². The number of sulfonamides is 1. The smallest absolute Gasteiger partial charge is 0.340 e. The molecule has 0 bridgehead atoms. The van der Waals surface area contributed by atoms with Crippen LogP contribution in [-0.4, -0.2) is 36.8 Å². The van der Waals surface area contributed by atoms with Crippen LogP contribution in [0.15, 0.2) is 64.1 Å². The Morgan fingerprint density at radius 1 is 1.13 bits per heavy atom. The Morgan fingerprint density at radius 3 is 2.60 bits per heavy atom. The monoisotopic (exact) mass is 446 g/mol. The molecule has 1 aliphatic rings. The van der Waals surface area contributed by atoms with E-state index in [4.69, 9.17) is 20.8 Å². The fourth-order valence-corrected chi connectivity index (χ4v) is 4.94. The van der Waals surface area contributed by atoms with Gasteiger partial charge in [-0.05, 0) is 43.2 Å². The first-order valence-corrected chi connectivity index (χ1v) is 11.2. The van der Waals surface area contributed by atoms with E-state index >= 15 is 0 Å². The van der Waals surface area contributed by atoms with E-state index in [0.717, 1.165) is 18.4 Å². The van der Waals surface area contributed by atoms with Crippen LogP contribution in [-0.2, 0) is 21.4 Å². The molecule has 1 saturated heterocycles. The zero-order valence-electron chi connectivity index (χ0n) is 16.0. The number of aromatic nitrogens is 1. The maximum absolute atomic E-state index is 12.7. The molecule has 0 atom stereocenters. The number of carbonyl (C=O) groups excluding carboxylic acids is 1. The van der Waals surface area contributed by atoms with Gasteiger partial charge in [0.15, 0.2) is 0 Å². The maximum atomic E-state index is 12.7. The van der Waals surface area contributed by atoms with Gasteiger partial charge in [0.25, 0.3) is 0 Å². The van der Waals surface area contributed by atoms with Crippen molar-refractivity contribution in [3.05, 3.63) is 71.1 Å². The van der Waals surface area contributed by atoms with E-state index in [-0.39, 0.29) is 22.1 Å². The van der Waals surface area contributed by atoms with Gasteiger partial charge in [-0.2, -0.15) is 4.31 Å². The Bertz CT molecular complexity index is 1160. The van der Waals surface area contributed by atoms with Crippen molar-refractivity contribution in [2.45, 2.75) is 24.3 Å². The molecule has 2 aromatic carbocycles. The third kappa shape index (κ3) is 4.26. The Hall–Kier alpha value is -2.68. The van der Waals surface area contributed by atoms with Crippen molar-refractivity contribution < 1.29 is 22.4 Å². The average Bonchev–Trinajstić information content (AvgIpc) is 3.45. The predicted molar refractivity (Wildman–Crippen MR) is 111 cm³/mol. The highest BCUT2D eigenvalue weighted by Gasteiger charge is 2.28. The highest BCUT2D eigenvalue weighted by Crippen LogP contribution is 2.26. The molecule has 0 saturated carbocycles. The molecule has 0 radical (unpaired) electrons. The minimum atomic E-state index is -3.67. The zero-order chi connectivity index (χ0) is 21.1. The second-order valence-corrected chi connectivity index (χ2v) is 9.18. The summed E-state index contributed by atoms with van der Waals surface area (Å²) in [7, 11) is -3.67. The van der Waals surface area contributed by atoms with E-state index in [1.54, 1.807) is 0 Å². The standard InChI is InChI=1S/C21H19ClN2O5S/c22-19-9-8-17(30(26,27)24-10-4-5-11-24)12-18(19)21(25)29-14-16-13-28-20(23-16)15-6-2-1-3-7-15/h1-3,6-9,12-13H,4-5,10-11,14H2. The lowest BCUT2D eigenvalue weighted by Gasteiger charge is -2.16. The number of hydrogen-bond acceptors (Lipinski definition) is 6. The van der Waals surface area contributed by atoms with Crippen LogP contribution in [0.4, 0.5) is 0 Å². The number of oxazole rings is 1. The molecule has 156 valence electrons. The Morgan fingerprint density at radius 2 is 1.87 bits per heavy atom. The molecule has 0 spiro atoms. The van der Waals surface area contributed by atoms with E-state index in [2.05, 4.69) is 4.98 Å². The first-order chi connectivity index (χ1) is 14.4. The van der Waals surface area contributed by atoms with Crippen LogP contribution in [0.25, 0.3) is 11.5 Å². The first kappa shape index (κ1) is 20.6. The molecule has 30 heavy (non-hydrogen) atoms. The molecule has 1 fully saturated rings. The Balaban J connectivity index is 1.48. The SMILES string of the molecule is O=C(OCc1coc(-c2ccccc2)n1)c1cc(S(=O)(=O)N2CCCC2)ccc1Cl. The number of hydrogen-bond donors (Lipinski definition) is 0. The minimum absolute atomic E-state index is 0.0104. The van der Waals surface area contributed by atoms with Gasteiger partial charge in [-0.3, -0.25) is 0 Å². The lowest BCUT2D eigenvalue weighted by Crippen LogP contribution is -2.28. The minimum Gasteiger partial charge on any atom is -0.455 e. The van der Waals surface area contributed by atoms with E-state index in [1.807, 2.05) is 30.3 Å². The van der Waals surface area contributed by atoms with Gasteiger partial charge in [-0.15, -0.1) is 0 Å². The van der Waals surface area contributed by atoms with Crippen molar-refractivity contribution in [1.29, 1.82) is 0 Å². The molecule has 3 aromatic rings. The topological polar surface area (TPSA) is 89.7 Å². The van der Waals surface area contributed by atoms with Gasteiger partial charge in [-0.25, -0.2) is 18.2 Å². The summed E-state index contributed by atoms with van der Waals surface area (Å²) in [5, 5.41) is 0.116. The highest BCUT2D eigenvalue weighted by atomic mass is 35.5. The number of nitrogens with zero attached hydrogens (tertiary/aromatic N) is 2. The van der Waals surface area contributed by atoms with Crippen LogP contribution in [0.3, 0.4) is 0 Å². The first-order valence-electron chi connectivity index (χ1n) is 9.42. The third-order valence-corrected chi connectivity index (χ3v) is 7.01. The maximum Gasteiger partial charge on any atom is 0.340 e. The van der Waals surface area contributed by atoms with E-state index in [0.29, 0.717) is 24.7 Å². The van der Waals surface area contributed by atoms with Crippen LogP contribution >= 0.6 is 11.6 Å². The molecule has 7 nitrogen and oxygen atoms in total. The number of esters is 1. The highest BCUT2D eigenvalue weighted by molar-refractivity contribution is 7.89. The molecule has 4 rings (SSSR count). The van der Waals surface area contributed by atoms with Gasteiger partial charge in [0, 0.05) is 18.7 Å². The molecule has 1 aliphatic heterocycles. The second-order valence-electron chi connectivity index (χ2n) is 6.84. The van der Waals surface area contributed by atoms with Crippen molar-refractivity contribution in [3.8, 4) is 11.5 Å². The molecule has 0 N–H and O–H groups in total. The fourth-order valence-electron chi connectivity index (χ4n) is 3.20. The molecule has 2 heterocycles. The van der Waals surface area contributed by atoms with Gasteiger partial charge in [0.2, 0.25) is 15.9 Å². The summed E-state index contributed by atoms with van der Waals surface area (Å²) in [6, 6.07) is 13.4. The van der Waals surface area contributed by atoms with E-state index < -0.39 is 16.0 Å². The third-order valence-electron chi connectivity index (χ3n) is 4.78. The van der Waals surface area contributed by atoms with Gasteiger partial charge in [-0.1, -0.05) is 29.8 Å². The zero-order valence-corrected chi connectivity index (χ0v) is 17.5. The lowest BCUT2D eigenvalue weighted by atomic mass is 10.2. The molecule has 1 aromatic heterocycles. The van der Waals surface area contributed by atoms with Crippen molar-refractivity contribution in [3.63, 3.8) is 0 Å². The Labute approximate surface area is 179 Å². The molecule has 0 unspecified atom stereocenters. The number of ether oxygens (including phenoxy) is 1. The van der Waals surface area contributed by atoms with Gasteiger partial charge < -0.3 is 9.15 Å². The van der Waals surface area contributed by atoms with Gasteiger partial charge in [0.05, 0.1) is 15.5 Å². The van der Waals surface area contributed by atoms with E-state index in [1.165, 1.54) is 28.8 Å². The number of halogens is 1. The summed E-state index contributed by atoms with van der Waals surface area (Å²) >= 11 is 6.12. The molecule has 0 aliphatic carbocycles. The predicted octanol–water partition coefficient (Wildman–Crippen LogP) is 4.14. The summed E-state index contributed by atoms with van der Waals surface area (Å²) in [6.45, 7) is 0.815. The van der Waals surface area contributed by atoms with Crippen LogP contribution < -0.4 is 0 Å². The fraction of sp³-hybridized carbons (Fsp3) is 0.238. The lowest BCUT2D eigenvalue weighted by molar-refractivity contribution is 0.0467. The summed E-state index contributed by atoms with van der Waals surface area (Å²) in [5.74, 6) is -0.318. The number of carbonyl (C=O) groups is 1. The summed E-state index contributed by atoms with van der Waals surface area (Å²) in [5.41, 5.74) is 1.22. The Kier molecular flexibility index (Phi) is 5.90. The van der Waals surface area contributed by atoms with Crippen molar-refractivity contribution >= 4 is 27.6 Å². The van der Waals surface area contributed by atoms with Crippen molar-refractivity contribution in [2.24, 2.45) is 0 Å². The van der Waals surface area contributed by atoms with E-state index in [9.17, 15) is 13.2 Å². The van der Waals surface area contributed by atoms with Gasteiger partial charge in [0.1, 0.15) is 18.6 Å². The normalized spacial score (nSPS) is 14.7. The quantitative estimate of drug-likeness (QED) is 0.529. The van der Waals surface area contributed by atoms with Crippen LogP contribution in [0.5, 0.6) is 0 Å². The molecule has 9 heteroatoms. The molecular weight excluding hydrogens is 428 g/mol. The summed E-state index contributed by atoms with van der Waals surface area (Å²) in [4.78, 5) is 16.9. The number of benzene rings is 2. The largest absolute Gasteiger partial charge is 0.455 e. The summed E-state index contributed by atoms with van der Waals surface area (Å²) < 4.78 is 37.6. The average molecular weight is 447 g/mol. The van der Waals surface area contributed by atoms with Crippen molar-refractivity contribution in [1.82, 2.24) is 9.29 Å². The van der Waals surface area contributed by atoms with Crippen LogP contribution in [0.1, 0.15) is 28.9 Å². The van der Waals surface area contributed by atoms with Crippen LogP contribution in [0.2, 0.25) is 5.02 Å².